The van der Waals surface area contributed by atoms with Crippen molar-refractivity contribution in [2.45, 2.75) is 31.0 Å². The highest BCUT2D eigenvalue weighted by Crippen LogP contribution is 2.36. The average molecular weight is 481 g/mol. The zero-order valence-electron chi connectivity index (χ0n) is 15.0. The van der Waals surface area contributed by atoms with Crippen LogP contribution in [0.3, 0.4) is 0 Å². The van der Waals surface area contributed by atoms with Gasteiger partial charge in [-0.25, -0.2) is 13.9 Å². The molecule has 17 nitrogen and oxygen atoms in total. The minimum Gasteiger partial charge on any atom is -0.481 e. The first-order valence-electron chi connectivity index (χ1n) is 7.73. The van der Waals surface area contributed by atoms with Gasteiger partial charge in [0.25, 0.3) is 0 Å². The van der Waals surface area contributed by atoms with Gasteiger partial charge in [-0.1, -0.05) is 0 Å². The molecular weight excluding hydrogens is 460 g/mol. The van der Waals surface area contributed by atoms with Gasteiger partial charge in [0.1, 0.15) is 12.1 Å². The van der Waals surface area contributed by atoms with Crippen molar-refractivity contribution >= 4 is 39.4 Å². The average Bonchev–Trinajstić information content (AvgIpc) is 2.57. The summed E-state index contributed by atoms with van der Waals surface area (Å²) in [4.78, 5) is 80.4. The SMILES string of the molecule is N[C@@H](COP(=O)(O)O)C(=O)N[C@@H](CCC(=O)O)C(=O)N[C@@H](COP(=O)(O)O)C(=O)O. The van der Waals surface area contributed by atoms with E-state index in [9.17, 15) is 28.3 Å². The molecule has 0 unspecified atom stereocenters. The number of hydrogen-bond donors (Lipinski definition) is 9. The zero-order valence-corrected chi connectivity index (χ0v) is 16.8. The van der Waals surface area contributed by atoms with Gasteiger partial charge in [0, 0.05) is 6.42 Å². The summed E-state index contributed by atoms with van der Waals surface area (Å²) in [5.74, 6) is -5.58. The number of carboxylic acids is 2. The van der Waals surface area contributed by atoms with Crippen molar-refractivity contribution in [2.75, 3.05) is 13.2 Å². The third kappa shape index (κ3) is 13.3. The number of nitrogens with two attached hydrogens (primary N) is 1. The molecular formula is C11H21N3O14P2. The third-order valence-electron chi connectivity index (χ3n) is 3.06. The highest BCUT2D eigenvalue weighted by molar-refractivity contribution is 7.46. The van der Waals surface area contributed by atoms with Gasteiger partial charge in [0.05, 0.1) is 13.2 Å². The zero-order chi connectivity index (χ0) is 23.7. The quantitative estimate of drug-likeness (QED) is 0.108. The molecule has 3 atom stereocenters. The predicted octanol–water partition coefficient (Wildman–Crippen LogP) is -3.55. The van der Waals surface area contributed by atoms with Crippen LogP contribution in [0.2, 0.25) is 0 Å². The van der Waals surface area contributed by atoms with Crippen LogP contribution in [0.25, 0.3) is 0 Å². The Kier molecular flexibility index (Phi) is 11.3. The van der Waals surface area contributed by atoms with E-state index >= 15 is 0 Å². The lowest BCUT2D eigenvalue weighted by molar-refractivity contribution is -0.143. The molecule has 30 heavy (non-hydrogen) atoms. The van der Waals surface area contributed by atoms with Crippen LogP contribution in [0.1, 0.15) is 12.8 Å². The van der Waals surface area contributed by atoms with Crippen LogP contribution < -0.4 is 16.4 Å². The van der Waals surface area contributed by atoms with E-state index in [1.54, 1.807) is 5.32 Å². The van der Waals surface area contributed by atoms with Crippen molar-refractivity contribution in [2.24, 2.45) is 5.73 Å². The van der Waals surface area contributed by atoms with Crippen LogP contribution in [-0.4, -0.2) is 84.9 Å². The lowest BCUT2D eigenvalue weighted by Gasteiger charge is -2.22. The summed E-state index contributed by atoms with van der Waals surface area (Å²) in [6.45, 7) is -2.11. The summed E-state index contributed by atoms with van der Waals surface area (Å²) in [5, 5.41) is 21.5. The Hall–Kier alpha value is -1.94. The number of carbonyl (C=O) groups is 4. The second kappa shape index (κ2) is 12.0. The molecule has 0 aliphatic carbocycles. The molecule has 0 fully saturated rings. The molecule has 2 amide bonds. The van der Waals surface area contributed by atoms with Crippen molar-refractivity contribution < 1.29 is 67.1 Å². The van der Waals surface area contributed by atoms with E-state index in [0.717, 1.165) is 0 Å². The Morgan fingerprint density at radius 1 is 0.833 bits per heavy atom. The molecule has 19 heteroatoms. The Morgan fingerprint density at radius 2 is 1.30 bits per heavy atom. The first-order chi connectivity index (χ1) is 13.5. The van der Waals surface area contributed by atoms with Crippen LogP contribution in [0.5, 0.6) is 0 Å². The fraction of sp³-hybridized carbons (Fsp3) is 0.636. The predicted molar refractivity (Wildman–Crippen MR) is 92.3 cm³/mol. The number of amides is 2. The summed E-state index contributed by atoms with van der Waals surface area (Å²) >= 11 is 0. The third-order valence-corrected chi connectivity index (χ3v) is 4.03. The second-order valence-electron chi connectivity index (χ2n) is 5.57. The Bertz CT molecular complexity index is 733. The maximum Gasteiger partial charge on any atom is 0.469 e. The van der Waals surface area contributed by atoms with Crippen molar-refractivity contribution in [1.29, 1.82) is 0 Å². The molecule has 0 saturated heterocycles. The van der Waals surface area contributed by atoms with E-state index in [4.69, 9.17) is 35.5 Å². The Balaban J connectivity index is 5.19. The molecule has 0 heterocycles. The summed E-state index contributed by atoms with van der Waals surface area (Å²) in [6.07, 6.45) is -1.21. The molecule has 0 radical (unpaired) electrons. The largest absolute Gasteiger partial charge is 0.481 e. The molecule has 0 rings (SSSR count). The summed E-state index contributed by atoms with van der Waals surface area (Å²) in [7, 11) is -10.0. The van der Waals surface area contributed by atoms with Gasteiger partial charge in [0.15, 0.2) is 6.04 Å². The molecule has 0 saturated carbocycles. The van der Waals surface area contributed by atoms with Gasteiger partial charge in [-0.2, -0.15) is 0 Å². The minimum absolute atomic E-state index is 0.551. The molecule has 0 aliphatic rings. The first-order valence-corrected chi connectivity index (χ1v) is 10.8. The lowest BCUT2D eigenvalue weighted by atomic mass is 10.1. The van der Waals surface area contributed by atoms with Crippen molar-refractivity contribution in [1.82, 2.24) is 10.6 Å². The minimum atomic E-state index is -5.07. The summed E-state index contributed by atoms with van der Waals surface area (Å²) < 4.78 is 29.3. The van der Waals surface area contributed by atoms with E-state index in [-0.39, 0.29) is 0 Å². The molecule has 0 aromatic heterocycles. The van der Waals surface area contributed by atoms with Crippen LogP contribution >= 0.6 is 15.6 Å². The number of rotatable bonds is 14. The van der Waals surface area contributed by atoms with E-state index in [0.29, 0.717) is 0 Å². The summed E-state index contributed by atoms with van der Waals surface area (Å²) in [6, 6.07) is -5.33. The van der Waals surface area contributed by atoms with Gasteiger partial charge < -0.3 is 46.2 Å². The highest BCUT2D eigenvalue weighted by Gasteiger charge is 2.30. The van der Waals surface area contributed by atoms with Crippen LogP contribution in [-0.2, 0) is 37.4 Å². The monoisotopic (exact) mass is 481 g/mol. The fourth-order valence-electron chi connectivity index (χ4n) is 1.69. The number of aliphatic carboxylic acids is 2. The summed E-state index contributed by atoms with van der Waals surface area (Å²) in [5.41, 5.74) is 5.34. The van der Waals surface area contributed by atoms with Crippen LogP contribution in [0, 0.1) is 0 Å². The number of hydrogen-bond acceptors (Lipinski definition) is 9. The molecule has 10 N–H and O–H groups in total. The van der Waals surface area contributed by atoms with E-state index < -0.39 is 83.6 Å². The number of phosphoric acid groups is 2. The van der Waals surface area contributed by atoms with Crippen molar-refractivity contribution in [3.05, 3.63) is 0 Å². The molecule has 0 aromatic rings. The highest BCUT2D eigenvalue weighted by atomic mass is 31.2. The van der Waals surface area contributed by atoms with E-state index in [1.807, 2.05) is 5.32 Å². The maximum atomic E-state index is 12.2. The number of carboxylic acid groups (broad SMARTS) is 2. The van der Waals surface area contributed by atoms with Gasteiger partial charge >= 0.3 is 27.6 Å². The second-order valence-corrected chi connectivity index (χ2v) is 8.05. The molecule has 0 aliphatic heterocycles. The first kappa shape index (κ1) is 28.1. The molecule has 0 aromatic carbocycles. The van der Waals surface area contributed by atoms with Gasteiger partial charge in [0.2, 0.25) is 11.8 Å². The molecule has 0 spiro atoms. The molecule has 0 bridgehead atoms. The standard InChI is InChI=1S/C11H21N3O14P2/c12-5(3-27-29(21,22)23)9(17)13-6(1-2-8(15)16)10(18)14-7(11(19)20)4-28-30(24,25)26/h5-7H,1-4,12H2,(H,13,17)(H,14,18)(H,15,16)(H,19,20)(H2,21,22,23)(H2,24,25,26)/t5-,6-,7-/m0/s1. The Labute approximate surface area is 168 Å². The lowest BCUT2D eigenvalue weighted by Crippen LogP contribution is -2.56. The van der Waals surface area contributed by atoms with Crippen LogP contribution in [0.4, 0.5) is 0 Å². The number of phosphoric ester groups is 2. The molecule has 174 valence electrons. The van der Waals surface area contributed by atoms with Crippen molar-refractivity contribution in [3.8, 4) is 0 Å². The maximum absolute atomic E-state index is 12.2. The number of nitrogens with one attached hydrogen (secondary N) is 2. The normalized spacial score (nSPS) is 15.0. The Morgan fingerprint density at radius 3 is 1.73 bits per heavy atom. The smallest absolute Gasteiger partial charge is 0.469 e. The van der Waals surface area contributed by atoms with Crippen molar-refractivity contribution in [3.63, 3.8) is 0 Å². The number of carbonyl (C=O) groups excluding carboxylic acids is 2. The van der Waals surface area contributed by atoms with E-state index in [2.05, 4.69) is 9.05 Å². The van der Waals surface area contributed by atoms with Crippen LogP contribution in [0.15, 0.2) is 0 Å². The fourth-order valence-corrected chi connectivity index (χ4v) is 2.39. The van der Waals surface area contributed by atoms with Gasteiger partial charge in [-0.15, -0.1) is 0 Å². The topological polar surface area (TPSA) is 292 Å². The van der Waals surface area contributed by atoms with E-state index in [1.165, 1.54) is 0 Å². The van der Waals surface area contributed by atoms with Gasteiger partial charge in [-0.05, 0) is 6.42 Å². The van der Waals surface area contributed by atoms with Gasteiger partial charge in [-0.3, -0.25) is 23.4 Å².